The molecule has 8 heteroatoms. The number of anilines is 2. The molecule has 0 aromatic heterocycles. The Bertz CT molecular complexity index is 601. The van der Waals surface area contributed by atoms with Gasteiger partial charge in [-0.05, 0) is 18.9 Å². The number of unbranched alkanes of at least 4 members (excludes halogenated alkanes) is 10. The number of nitro groups is 2. The summed E-state index contributed by atoms with van der Waals surface area (Å²) in [7, 11) is 0. The van der Waals surface area contributed by atoms with E-state index in [4.69, 9.17) is 0 Å². The Morgan fingerprint density at radius 2 is 1.00 bits per heavy atom. The summed E-state index contributed by atoms with van der Waals surface area (Å²) in [5.74, 6) is 0. The van der Waals surface area contributed by atoms with Gasteiger partial charge in [-0.1, -0.05) is 78.1 Å². The van der Waals surface area contributed by atoms with Gasteiger partial charge in [0, 0.05) is 13.1 Å². The van der Waals surface area contributed by atoms with E-state index in [2.05, 4.69) is 24.5 Å². The van der Waals surface area contributed by atoms with Gasteiger partial charge >= 0.3 is 0 Å². The van der Waals surface area contributed by atoms with Gasteiger partial charge in [0.1, 0.15) is 11.4 Å². The van der Waals surface area contributed by atoms with Gasteiger partial charge in [0.15, 0.2) is 0 Å². The highest BCUT2D eigenvalue weighted by Crippen LogP contribution is 2.36. The lowest BCUT2D eigenvalue weighted by molar-refractivity contribution is -0.393. The monoisotopic (exact) mass is 422 g/mol. The molecule has 0 fully saturated rings. The summed E-state index contributed by atoms with van der Waals surface area (Å²) in [6, 6.07) is 2.58. The molecule has 0 bridgehead atoms. The number of benzene rings is 1. The first-order valence-electron chi connectivity index (χ1n) is 11.5. The second kappa shape index (κ2) is 15.5. The van der Waals surface area contributed by atoms with Crippen molar-refractivity contribution in [1.29, 1.82) is 0 Å². The predicted molar refractivity (Wildman–Crippen MR) is 123 cm³/mol. The minimum atomic E-state index is -0.561. The minimum Gasteiger partial charge on any atom is -0.379 e. The van der Waals surface area contributed by atoms with Crippen molar-refractivity contribution >= 4 is 22.7 Å². The highest BCUT2D eigenvalue weighted by Gasteiger charge is 2.24. The van der Waals surface area contributed by atoms with Gasteiger partial charge in [-0.15, -0.1) is 0 Å². The van der Waals surface area contributed by atoms with Crippen LogP contribution in [0.1, 0.15) is 90.9 Å². The molecule has 0 saturated carbocycles. The van der Waals surface area contributed by atoms with E-state index in [0.29, 0.717) is 24.5 Å². The average Bonchev–Trinajstić information content (AvgIpc) is 2.72. The number of hydrogen-bond donors (Lipinski definition) is 2. The van der Waals surface area contributed by atoms with Crippen LogP contribution in [0, 0.1) is 20.2 Å². The Morgan fingerprint density at radius 1 is 0.633 bits per heavy atom. The fraction of sp³-hybridized carbons (Fsp3) is 0.727. The Balaban J connectivity index is 2.70. The summed E-state index contributed by atoms with van der Waals surface area (Å²) in [6.07, 6.45) is 13.5. The topological polar surface area (TPSA) is 110 Å². The zero-order chi connectivity index (χ0) is 22.2. The molecule has 0 unspecified atom stereocenters. The summed E-state index contributed by atoms with van der Waals surface area (Å²) in [5, 5.41) is 29.1. The third-order valence-corrected chi connectivity index (χ3v) is 5.20. The Kier molecular flexibility index (Phi) is 13.2. The molecule has 170 valence electrons. The highest BCUT2D eigenvalue weighted by atomic mass is 16.6. The number of nitro benzene ring substituents is 2. The van der Waals surface area contributed by atoms with Crippen molar-refractivity contribution in [3.63, 3.8) is 0 Å². The molecule has 1 aromatic carbocycles. The molecule has 0 atom stereocenters. The summed E-state index contributed by atoms with van der Waals surface area (Å²) >= 11 is 0. The average molecular weight is 423 g/mol. The molecular weight excluding hydrogens is 384 g/mol. The van der Waals surface area contributed by atoms with Crippen LogP contribution in [0.3, 0.4) is 0 Å². The lowest BCUT2D eigenvalue weighted by Crippen LogP contribution is -2.09. The van der Waals surface area contributed by atoms with Gasteiger partial charge < -0.3 is 10.6 Å². The second-order valence-electron chi connectivity index (χ2n) is 7.79. The van der Waals surface area contributed by atoms with Gasteiger partial charge in [-0.25, -0.2) is 0 Å². The number of nitrogens with zero attached hydrogens (tertiary/aromatic N) is 2. The molecule has 30 heavy (non-hydrogen) atoms. The van der Waals surface area contributed by atoms with Crippen LogP contribution >= 0.6 is 0 Å². The van der Waals surface area contributed by atoms with Gasteiger partial charge in [0.2, 0.25) is 0 Å². The van der Waals surface area contributed by atoms with Crippen LogP contribution in [-0.4, -0.2) is 22.9 Å². The van der Waals surface area contributed by atoms with Crippen molar-refractivity contribution in [2.45, 2.75) is 90.9 Å². The maximum Gasteiger partial charge on any atom is 0.299 e. The smallest absolute Gasteiger partial charge is 0.299 e. The van der Waals surface area contributed by atoms with Crippen LogP contribution in [0.4, 0.5) is 22.7 Å². The third kappa shape index (κ3) is 9.89. The maximum absolute atomic E-state index is 11.4. The first kappa shape index (κ1) is 25.7. The van der Waals surface area contributed by atoms with Gasteiger partial charge in [-0.2, -0.15) is 0 Å². The first-order chi connectivity index (χ1) is 14.5. The Morgan fingerprint density at radius 3 is 1.37 bits per heavy atom. The largest absolute Gasteiger partial charge is 0.379 e. The lowest BCUT2D eigenvalue weighted by atomic mass is 10.1. The van der Waals surface area contributed by atoms with Crippen molar-refractivity contribution in [2.75, 3.05) is 23.7 Å². The molecule has 0 aliphatic rings. The zero-order valence-corrected chi connectivity index (χ0v) is 18.6. The van der Waals surface area contributed by atoms with Crippen LogP contribution in [0.2, 0.25) is 0 Å². The van der Waals surface area contributed by atoms with Crippen molar-refractivity contribution in [1.82, 2.24) is 0 Å². The Labute approximate surface area is 180 Å². The molecule has 0 aliphatic carbocycles. The van der Waals surface area contributed by atoms with Crippen LogP contribution in [0.25, 0.3) is 0 Å². The third-order valence-electron chi connectivity index (χ3n) is 5.20. The SMILES string of the molecule is CCCCCCCCNc1cc(NCCCCCCCC)c([N+](=O)[O-])cc1[N+](=O)[O-]. The van der Waals surface area contributed by atoms with Crippen molar-refractivity contribution in [3.05, 3.63) is 32.4 Å². The second-order valence-corrected chi connectivity index (χ2v) is 7.79. The molecule has 0 heterocycles. The first-order valence-corrected chi connectivity index (χ1v) is 11.5. The van der Waals surface area contributed by atoms with E-state index in [1.807, 2.05) is 0 Å². The number of nitrogens with one attached hydrogen (secondary N) is 2. The van der Waals surface area contributed by atoms with Crippen LogP contribution < -0.4 is 10.6 Å². The van der Waals surface area contributed by atoms with E-state index in [1.54, 1.807) is 0 Å². The van der Waals surface area contributed by atoms with Crippen molar-refractivity contribution in [2.24, 2.45) is 0 Å². The van der Waals surface area contributed by atoms with Gasteiger partial charge in [0.05, 0.1) is 15.9 Å². The van der Waals surface area contributed by atoms with Crippen LogP contribution in [0.15, 0.2) is 12.1 Å². The molecule has 0 amide bonds. The molecule has 2 N–H and O–H groups in total. The van der Waals surface area contributed by atoms with E-state index in [-0.39, 0.29) is 11.4 Å². The molecule has 8 nitrogen and oxygen atoms in total. The van der Waals surface area contributed by atoms with Crippen LogP contribution in [0.5, 0.6) is 0 Å². The molecule has 0 aliphatic heterocycles. The highest BCUT2D eigenvalue weighted by molar-refractivity contribution is 5.76. The van der Waals surface area contributed by atoms with Gasteiger partial charge in [-0.3, -0.25) is 20.2 Å². The van der Waals surface area contributed by atoms with E-state index >= 15 is 0 Å². The van der Waals surface area contributed by atoms with E-state index < -0.39 is 9.85 Å². The maximum atomic E-state index is 11.4. The fourth-order valence-corrected chi connectivity index (χ4v) is 3.42. The van der Waals surface area contributed by atoms with E-state index in [0.717, 1.165) is 44.6 Å². The number of rotatable bonds is 18. The molecule has 1 aromatic rings. The summed E-state index contributed by atoms with van der Waals surface area (Å²) in [5.41, 5.74) is 0.171. The Hall–Kier alpha value is -2.38. The lowest BCUT2D eigenvalue weighted by Gasteiger charge is -2.12. The molecule has 0 spiro atoms. The zero-order valence-electron chi connectivity index (χ0n) is 18.6. The van der Waals surface area contributed by atoms with Crippen molar-refractivity contribution in [3.8, 4) is 0 Å². The van der Waals surface area contributed by atoms with Crippen LogP contribution in [-0.2, 0) is 0 Å². The van der Waals surface area contributed by atoms with Gasteiger partial charge in [0.25, 0.3) is 11.4 Å². The molecule has 0 saturated heterocycles. The molecular formula is C22H38N4O4. The van der Waals surface area contributed by atoms with E-state index in [1.165, 1.54) is 44.6 Å². The fourth-order valence-electron chi connectivity index (χ4n) is 3.42. The number of hydrogen-bond acceptors (Lipinski definition) is 6. The minimum absolute atomic E-state index is 0.252. The quantitative estimate of drug-likeness (QED) is 0.149. The molecule has 0 radical (unpaired) electrons. The van der Waals surface area contributed by atoms with E-state index in [9.17, 15) is 20.2 Å². The summed E-state index contributed by atoms with van der Waals surface area (Å²) in [4.78, 5) is 21.7. The standard InChI is InChI=1S/C22H38N4O4/c1-3-5-7-9-11-13-15-23-19-17-20(24-16-14-12-10-8-6-4-2)22(26(29)30)18-21(19)25(27)28/h17-18,23-24H,3-16H2,1-2H3. The summed E-state index contributed by atoms with van der Waals surface area (Å²) < 4.78 is 0. The van der Waals surface area contributed by atoms with Crippen molar-refractivity contribution < 1.29 is 9.85 Å². The summed E-state index contributed by atoms with van der Waals surface area (Å²) in [6.45, 7) is 5.57. The molecule has 1 rings (SSSR count). The predicted octanol–water partition coefficient (Wildman–Crippen LogP) is 7.05. The normalized spacial score (nSPS) is 10.7.